The first-order chi connectivity index (χ1) is 14.3. The van der Waals surface area contributed by atoms with Crippen LogP contribution in [0, 0.1) is 62.1 Å². The number of benzene rings is 1. The molecule has 1 saturated carbocycles. The van der Waals surface area contributed by atoms with E-state index in [9.17, 15) is 15.8 Å². The van der Waals surface area contributed by atoms with Crippen LogP contribution in [-0.4, -0.2) is 11.7 Å². The van der Waals surface area contributed by atoms with Gasteiger partial charge in [-0.1, -0.05) is 49.0 Å². The fourth-order valence-electron chi connectivity index (χ4n) is 5.56. The molecule has 2 heterocycles. The summed E-state index contributed by atoms with van der Waals surface area (Å²) in [5.74, 6) is -1.79. The van der Waals surface area contributed by atoms with E-state index in [2.05, 4.69) is 25.1 Å². The Hall–Kier alpha value is -2.30. The highest BCUT2D eigenvalue weighted by molar-refractivity contribution is 6.42. The Morgan fingerprint density at radius 1 is 1.17 bits per heavy atom. The summed E-state index contributed by atoms with van der Waals surface area (Å²) in [6, 6.07) is 11.1. The number of halogens is 2. The van der Waals surface area contributed by atoms with Crippen molar-refractivity contribution in [1.29, 1.82) is 21.2 Å². The smallest absolute Gasteiger partial charge is 0.217 e. The lowest BCUT2D eigenvalue weighted by Gasteiger charge is -2.52. The molecule has 0 amide bonds. The minimum atomic E-state index is -1.96. The van der Waals surface area contributed by atoms with Gasteiger partial charge in [-0.25, -0.2) is 0 Å². The van der Waals surface area contributed by atoms with Gasteiger partial charge in [-0.05, 0) is 36.5 Å². The normalized spacial score (nSPS) is 36.0. The zero-order valence-electron chi connectivity index (χ0n) is 16.4. The van der Waals surface area contributed by atoms with Gasteiger partial charge in [0.2, 0.25) is 17.1 Å². The Morgan fingerprint density at radius 3 is 2.50 bits per heavy atom. The molecule has 30 heavy (non-hydrogen) atoms. The molecule has 1 aliphatic carbocycles. The number of nitriles is 3. The third kappa shape index (κ3) is 2.47. The van der Waals surface area contributed by atoms with Crippen molar-refractivity contribution in [1.82, 2.24) is 0 Å². The van der Waals surface area contributed by atoms with E-state index < -0.39 is 28.6 Å². The van der Waals surface area contributed by atoms with Crippen molar-refractivity contribution in [3.05, 3.63) is 33.8 Å². The minimum Gasteiger partial charge on any atom is -0.447 e. The molecule has 154 valence electrons. The lowest BCUT2D eigenvalue weighted by Crippen LogP contribution is -2.61. The van der Waals surface area contributed by atoms with Gasteiger partial charge in [0.25, 0.3) is 0 Å². The summed E-state index contributed by atoms with van der Waals surface area (Å²) in [6.45, 7) is 2.10. The van der Waals surface area contributed by atoms with Crippen LogP contribution in [0.4, 0.5) is 0 Å². The van der Waals surface area contributed by atoms with Crippen molar-refractivity contribution < 1.29 is 9.47 Å². The lowest BCUT2D eigenvalue weighted by atomic mass is 9.50. The van der Waals surface area contributed by atoms with Crippen molar-refractivity contribution in [3.8, 4) is 18.2 Å². The van der Waals surface area contributed by atoms with Crippen molar-refractivity contribution in [2.75, 3.05) is 0 Å². The molecule has 3 fully saturated rings. The molecule has 2 saturated heterocycles. The zero-order chi connectivity index (χ0) is 21.7. The minimum absolute atomic E-state index is 0.253. The van der Waals surface area contributed by atoms with E-state index in [0.29, 0.717) is 29.3 Å². The predicted molar refractivity (Wildman–Crippen MR) is 109 cm³/mol. The Morgan fingerprint density at radius 2 is 1.90 bits per heavy atom. The second kappa shape index (κ2) is 7.14. The summed E-state index contributed by atoms with van der Waals surface area (Å²) in [7, 11) is 0. The van der Waals surface area contributed by atoms with Gasteiger partial charge in [-0.2, -0.15) is 15.8 Å². The monoisotopic (exact) mass is 442 g/mol. The van der Waals surface area contributed by atoms with Crippen molar-refractivity contribution in [2.45, 2.75) is 50.9 Å². The highest BCUT2D eigenvalue weighted by atomic mass is 35.5. The number of hydrogen-bond donors (Lipinski definition) is 1. The molecular formula is C22H20Cl2N4O2. The molecule has 1 aromatic carbocycles. The van der Waals surface area contributed by atoms with Gasteiger partial charge in [0.05, 0.1) is 34.2 Å². The molecule has 5 atom stereocenters. The largest absolute Gasteiger partial charge is 0.447 e. The molecule has 0 radical (unpaired) electrons. The van der Waals surface area contributed by atoms with E-state index in [4.69, 9.17) is 38.1 Å². The molecule has 1 N–H and O–H groups in total. The van der Waals surface area contributed by atoms with E-state index in [-0.39, 0.29) is 10.9 Å². The topological polar surface area (TPSA) is 114 Å². The molecular weight excluding hydrogens is 423 g/mol. The van der Waals surface area contributed by atoms with Crippen molar-refractivity contribution in [2.24, 2.45) is 22.7 Å². The van der Waals surface area contributed by atoms with E-state index in [1.165, 1.54) is 0 Å². The Labute approximate surface area is 185 Å². The number of rotatable bonds is 3. The summed E-state index contributed by atoms with van der Waals surface area (Å²) < 4.78 is 12.3. The van der Waals surface area contributed by atoms with Crippen LogP contribution in [0.3, 0.4) is 0 Å². The van der Waals surface area contributed by atoms with Gasteiger partial charge in [0, 0.05) is 6.42 Å². The molecule has 5 unspecified atom stereocenters. The maximum absolute atomic E-state index is 10.4. The first-order valence-electron chi connectivity index (χ1n) is 9.98. The van der Waals surface area contributed by atoms with Crippen LogP contribution in [0.1, 0.15) is 50.7 Å². The van der Waals surface area contributed by atoms with E-state index >= 15 is 0 Å². The Bertz CT molecular complexity index is 1030. The van der Waals surface area contributed by atoms with Crippen LogP contribution < -0.4 is 0 Å². The fourth-order valence-corrected chi connectivity index (χ4v) is 5.87. The highest BCUT2D eigenvalue weighted by Crippen LogP contribution is 2.70. The Kier molecular flexibility index (Phi) is 4.99. The van der Waals surface area contributed by atoms with Crippen LogP contribution in [0.2, 0.25) is 10.0 Å². The first-order valence-corrected chi connectivity index (χ1v) is 10.7. The quantitative estimate of drug-likeness (QED) is 0.660. The molecule has 0 aromatic heterocycles. The average Bonchev–Trinajstić information content (AvgIpc) is 2.94. The number of ether oxygens (including phenoxy) is 2. The molecule has 2 bridgehead atoms. The summed E-state index contributed by atoms with van der Waals surface area (Å²) in [5, 5.41) is 40.1. The molecule has 1 aromatic rings. The maximum atomic E-state index is 10.4. The molecule has 2 aliphatic heterocycles. The van der Waals surface area contributed by atoms with Crippen LogP contribution in [0.5, 0.6) is 0 Å². The van der Waals surface area contributed by atoms with Crippen LogP contribution in [0.25, 0.3) is 0 Å². The van der Waals surface area contributed by atoms with Gasteiger partial charge in [0.1, 0.15) is 6.10 Å². The summed E-state index contributed by atoms with van der Waals surface area (Å²) in [4.78, 5) is 0. The first kappa shape index (κ1) is 21.0. The highest BCUT2D eigenvalue weighted by Gasteiger charge is 2.80. The van der Waals surface area contributed by atoms with Crippen molar-refractivity contribution in [3.63, 3.8) is 0 Å². The number of nitrogens with zero attached hydrogens (tertiary/aromatic N) is 3. The second-order valence-electron chi connectivity index (χ2n) is 8.35. The van der Waals surface area contributed by atoms with Gasteiger partial charge < -0.3 is 9.47 Å². The van der Waals surface area contributed by atoms with Crippen LogP contribution in [-0.2, 0) is 9.47 Å². The van der Waals surface area contributed by atoms with Crippen molar-refractivity contribution >= 4 is 29.1 Å². The SMILES string of the molecule is CCCC1CCC23OC(=N)C(C#N)(C2C1)C(C#N)(C#N)C(c1ccc(Cl)c(Cl)c1)O3. The second-order valence-corrected chi connectivity index (χ2v) is 9.16. The fraction of sp³-hybridized carbons (Fsp3) is 0.545. The molecule has 8 heteroatoms. The Balaban J connectivity index is 1.93. The molecule has 4 rings (SSSR count). The standard InChI is InChI=1S/C22H20Cl2N4O2/c1-2-3-13-6-7-22-17(8-13)21(12-27,19(28)30-22)20(10-25,11-26)18(29-22)14-4-5-15(23)16(24)9-14/h4-5,9,13,17-18,28H,2-3,6-8H2,1H3. The molecule has 6 nitrogen and oxygen atoms in total. The number of nitrogens with one attached hydrogen (secondary N) is 1. The summed E-state index contributed by atoms with van der Waals surface area (Å²) in [5.41, 5.74) is -3.23. The lowest BCUT2D eigenvalue weighted by molar-refractivity contribution is -0.299. The maximum Gasteiger partial charge on any atom is 0.217 e. The van der Waals surface area contributed by atoms with Gasteiger partial charge in [-0.3, -0.25) is 5.41 Å². The van der Waals surface area contributed by atoms with Gasteiger partial charge >= 0.3 is 0 Å². The summed E-state index contributed by atoms with van der Waals surface area (Å²) in [6.07, 6.45) is 2.77. The van der Waals surface area contributed by atoms with Crippen LogP contribution in [0.15, 0.2) is 18.2 Å². The third-order valence-corrected chi connectivity index (χ3v) is 7.70. The van der Waals surface area contributed by atoms with E-state index in [0.717, 1.165) is 19.3 Å². The molecule has 0 spiro atoms. The predicted octanol–water partition coefficient (Wildman–Crippen LogP) is 5.53. The van der Waals surface area contributed by atoms with Crippen LogP contribution >= 0.6 is 23.2 Å². The molecule has 3 aliphatic rings. The van der Waals surface area contributed by atoms with Gasteiger partial charge in [-0.15, -0.1) is 0 Å². The van der Waals surface area contributed by atoms with E-state index in [1.807, 2.05) is 0 Å². The zero-order valence-corrected chi connectivity index (χ0v) is 17.9. The summed E-state index contributed by atoms with van der Waals surface area (Å²) >= 11 is 12.2. The van der Waals surface area contributed by atoms with E-state index in [1.54, 1.807) is 18.2 Å². The average molecular weight is 443 g/mol. The van der Waals surface area contributed by atoms with Gasteiger partial charge in [0.15, 0.2) is 5.41 Å². The number of hydrogen-bond acceptors (Lipinski definition) is 6. The third-order valence-electron chi connectivity index (χ3n) is 6.96.